The number of hydrogen-bond acceptors (Lipinski definition) is 1. The van der Waals surface area contributed by atoms with Gasteiger partial charge in [0.05, 0.1) is 0 Å². The molecule has 0 aromatic heterocycles. The summed E-state index contributed by atoms with van der Waals surface area (Å²) in [6, 6.07) is 0. The Morgan fingerprint density at radius 2 is 1.50 bits per heavy atom. The fourth-order valence-electron chi connectivity index (χ4n) is 5.13. The Morgan fingerprint density at radius 3 is 1.94 bits per heavy atom. The van der Waals surface area contributed by atoms with Crippen molar-refractivity contribution in [2.75, 3.05) is 13.1 Å². The topological polar surface area (TPSA) is 12.0 Å². The summed E-state index contributed by atoms with van der Waals surface area (Å²) < 4.78 is 0. The van der Waals surface area contributed by atoms with Crippen molar-refractivity contribution in [3.63, 3.8) is 0 Å². The van der Waals surface area contributed by atoms with Crippen LogP contribution in [-0.4, -0.2) is 13.1 Å². The molecular formula is C14H26ClN. The quantitative estimate of drug-likeness (QED) is 0.744. The van der Waals surface area contributed by atoms with E-state index in [-0.39, 0.29) is 12.4 Å². The molecule has 4 aliphatic rings. The number of nitrogens with one attached hydrogen (secondary N) is 1. The van der Waals surface area contributed by atoms with Gasteiger partial charge in [0, 0.05) is 0 Å². The zero-order valence-electron chi connectivity index (χ0n) is 10.5. The average Bonchev–Trinajstić information content (AvgIpc) is 2.15. The summed E-state index contributed by atoms with van der Waals surface area (Å²) in [6.07, 6.45) is 10.9. The fourth-order valence-corrected chi connectivity index (χ4v) is 5.13. The van der Waals surface area contributed by atoms with Gasteiger partial charge in [-0.2, -0.15) is 0 Å². The predicted octanol–water partition coefficient (Wildman–Crippen LogP) is 3.62. The van der Waals surface area contributed by atoms with Gasteiger partial charge < -0.3 is 5.32 Å². The Balaban J connectivity index is 0.000000963. The van der Waals surface area contributed by atoms with Crippen molar-refractivity contribution in [2.24, 2.45) is 23.2 Å². The molecule has 1 N–H and O–H groups in total. The summed E-state index contributed by atoms with van der Waals surface area (Å²) in [4.78, 5) is 0. The lowest BCUT2D eigenvalue weighted by Crippen LogP contribution is -2.47. The molecule has 0 atom stereocenters. The molecule has 16 heavy (non-hydrogen) atoms. The first-order valence-corrected chi connectivity index (χ1v) is 7.00. The van der Waals surface area contributed by atoms with Crippen LogP contribution in [0.15, 0.2) is 0 Å². The lowest BCUT2D eigenvalue weighted by Gasteiger charge is -2.57. The van der Waals surface area contributed by atoms with Crippen LogP contribution >= 0.6 is 12.4 Å². The molecule has 94 valence electrons. The molecule has 0 amide bonds. The van der Waals surface area contributed by atoms with Crippen LogP contribution in [0.25, 0.3) is 0 Å². The van der Waals surface area contributed by atoms with Crippen LogP contribution in [0.5, 0.6) is 0 Å². The summed E-state index contributed by atoms with van der Waals surface area (Å²) in [6.45, 7) is 4.63. The van der Waals surface area contributed by atoms with Gasteiger partial charge in [-0.25, -0.2) is 0 Å². The highest BCUT2D eigenvalue weighted by atomic mass is 35.5. The molecule has 0 aliphatic heterocycles. The Bertz CT molecular complexity index is 204. The molecule has 0 unspecified atom stereocenters. The molecule has 4 fully saturated rings. The lowest BCUT2D eigenvalue weighted by atomic mass is 9.49. The molecule has 0 aromatic carbocycles. The van der Waals surface area contributed by atoms with E-state index in [4.69, 9.17) is 0 Å². The van der Waals surface area contributed by atoms with Crippen molar-refractivity contribution < 1.29 is 0 Å². The highest BCUT2D eigenvalue weighted by Gasteiger charge is 2.50. The summed E-state index contributed by atoms with van der Waals surface area (Å²) in [5, 5.41) is 3.52. The van der Waals surface area contributed by atoms with Crippen LogP contribution in [0.1, 0.15) is 51.9 Å². The second-order valence-electron chi connectivity index (χ2n) is 6.52. The summed E-state index contributed by atoms with van der Waals surface area (Å²) >= 11 is 0. The summed E-state index contributed by atoms with van der Waals surface area (Å²) in [5.74, 6) is 3.37. The third-order valence-electron chi connectivity index (χ3n) is 5.25. The molecule has 4 bridgehead atoms. The van der Waals surface area contributed by atoms with Gasteiger partial charge in [0.25, 0.3) is 0 Å². The highest BCUT2D eigenvalue weighted by Crippen LogP contribution is 2.61. The van der Waals surface area contributed by atoms with Crippen LogP contribution in [0, 0.1) is 23.2 Å². The first-order valence-electron chi connectivity index (χ1n) is 7.00. The van der Waals surface area contributed by atoms with Crippen LogP contribution < -0.4 is 5.32 Å². The van der Waals surface area contributed by atoms with E-state index in [1.54, 1.807) is 38.5 Å². The smallest absolute Gasteiger partial charge is 0.00437 e. The number of rotatable bonds is 4. The van der Waals surface area contributed by atoms with Gasteiger partial charge >= 0.3 is 0 Å². The Kier molecular flexibility index (Phi) is 3.86. The average molecular weight is 244 g/mol. The van der Waals surface area contributed by atoms with Crippen molar-refractivity contribution in [1.29, 1.82) is 0 Å². The number of halogens is 1. The third kappa shape index (κ3) is 2.26. The molecule has 4 rings (SSSR count). The zero-order chi connectivity index (χ0) is 10.3. The van der Waals surface area contributed by atoms with Gasteiger partial charge in [-0.15, -0.1) is 12.4 Å². The van der Waals surface area contributed by atoms with Crippen molar-refractivity contribution >= 4 is 12.4 Å². The summed E-state index contributed by atoms with van der Waals surface area (Å²) in [7, 11) is 0. The maximum absolute atomic E-state index is 3.52. The molecule has 2 heteroatoms. The lowest BCUT2D eigenvalue weighted by molar-refractivity contribution is -0.0566. The van der Waals surface area contributed by atoms with Crippen LogP contribution in [-0.2, 0) is 0 Å². The van der Waals surface area contributed by atoms with Gasteiger partial charge in [0.15, 0.2) is 0 Å². The largest absolute Gasteiger partial charge is 0.317 e. The van der Waals surface area contributed by atoms with E-state index >= 15 is 0 Å². The van der Waals surface area contributed by atoms with Gasteiger partial charge in [-0.05, 0) is 81.2 Å². The van der Waals surface area contributed by atoms with Gasteiger partial charge in [0.2, 0.25) is 0 Å². The van der Waals surface area contributed by atoms with Gasteiger partial charge in [-0.3, -0.25) is 0 Å². The van der Waals surface area contributed by atoms with Crippen LogP contribution in [0.3, 0.4) is 0 Å². The Morgan fingerprint density at radius 1 is 1.00 bits per heavy atom. The minimum atomic E-state index is 0. The van der Waals surface area contributed by atoms with Crippen LogP contribution in [0.4, 0.5) is 0 Å². The molecule has 4 saturated carbocycles. The Labute approximate surface area is 106 Å². The normalized spacial score (nSPS) is 44.4. The zero-order valence-corrected chi connectivity index (χ0v) is 11.3. The van der Waals surface area contributed by atoms with E-state index in [1.165, 1.54) is 13.0 Å². The highest BCUT2D eigenvalue weighted by molar-refractivity contribution is 5.85. The van der Waals surface area contributed by atoms with Crippen molar-refractivity contribution in [3.05, 3.63) is 0 Å². The molecule has 4 aliphatic carbocycles. The third-order valence-corrected chi connectivity index (χ3v) is 5.25. The summed E-state index contributed by atoms with van der Waals surface area (Å²) in [5.41, 5.74) is 0.789. The van der Waals surface area contributed by atoms with E-state index < -0.39 is 0 Å². The van der Waals surface area contributed by atoms with E-state index in [1.807, 2.05) is 0 Å². The molecule has 0 spiro atoms. The minimum Gasteiger partial charge on any atom is -0.317 e. The second kappa shape index (κ2) is 4.86. The SMILES string of the molecule is CCNCCC12CC3CC(CC(C3)C1)C2.Cl. The van der Waals surface area contributed by atoms with E-state index in [9.17, 15) is 0 Å². The number of hydrogen-bond donors (Lipinski definition) is 1. The van der Waals surface area contributed by atoms with Crippen LogP contribution in [0.2, 0.25) is 0 Å². The Hall–Kier alpha value is 0.250. The van der Waals surface area contributed by atoms with Gasteiger partial charge in [0.1, 0.15) is 0 Å². The maximum atomic E-state index is 3.52. The predicted molar refractivity (Wildman–Crippen MR) is 71.0 cm³/mol. The first-order chi connectivity index (χ1) is 7.30. The molecular weight excluding hydrogens is 218 g/mol. The van der Waals surface area contributed by atoms with Crippen molar-refractivity contribution in [3.8, 4) is 0 Å². The molecule has 0 radical (unpaired) electrons. The molecule has 0 saturated heterocycles. The minimum absolute atomic E-state index is 0. The second-order valence-corrected chi connectivity index (χ2v) is 6.52. The van der Waals surface area contributed by atoms with E-state index in [0.717, 1.165) is 29.7 Å². The van der Waals surface area contributed by atoms with Crippen molar-refractivity contribution in [2.45, 2.75) is 51.9 Å². The first kappa shape index (κ1) is 12.7. The molecule has 0 heterocycles. The fraction of sp³-hybridized carbons (Fsp3) is 1.00. The molecule has 0 aromatic rings. The van der Waals surface area contributed by atoms with Gasteiger partial charge in [-0.1, -0.05) is 6.92 Å². The molecule has 1 nitrogen and oxygen atoms in total. The monoisotopic (exact) mass is 243 g/mol. The maximum Gasteiger partial charge on any atom is -0.00437 e. The van der Waals surface area contributed by atoms with E-state index in [0.29, 0.717) is 0 Å². The standard InChI is InChI=1S/C14H25N.ClH/c1-2-15-4-3-14-8-11-5-12(9-14)7-13(6-11)10-14;/h11-13,15H,2-10H2,1H3;1H. The van der Waals surface area contributed by atoms with Crippen molar-refractivity contribution in [1.82, 2.24) is 5.32 Å². The van der Waals surface area contributed by atoms with E-state index in [2.05, 4.69) is 12.2 Å².